The number of nitrogens with zero attached hydrogens (tertiary/aromatic N) is 4. The monoisotopic (exact) mass is 402 g/mol. The second-order valence-corrected chi connectivity index (χ2v) is 8.34. The molecule has 0 aliphatic carbocycles. The zero-order valence-corrected chi connectivity index (χ0v) is 18.2. The van der Waals surface area contributed by atoms with Crippen molar-refractivity contribution in [2.45, 2.75) is 52.4 Å². The number of pyridine rings is 1. The van der Waals surface area contributed by atoms with Crippen molar-refractivity contribution < 1.29 is 14.3 Å². The van der Waals surface area contributed by atoms with E-state index in [1.165, 1.54) is 0 Å². The number of aromatic nitrogens is 3. The average molecular weight is 402 g/mol. The lowest BCUT2D eigenvalue weighted by Gasteiger charge is -2.24. The van der Waals surface area contributed by atoms with Crippen LogP contribution in [0.3, 0.4) is 0 Å². The largest absolute Gasteiger partial charge is 0.444 e. The minimum atomic E-state index is -0.546. The first-order chi connectivity index (χ1) is 13.6. The van der Waals surface area contributed by atoms with E-state index in [4.69, 9.17) is 9.47 Å². The molecule has 0 spiro atoms. The predicted molar refractivity (Wildman–Crippen MR) is 112 cm³/mol. The molecule has 0 radical (unpaired) electrons. The van der Waals surface area contributed by atoms with E-state index in [1.54, 1.807) is 12.0 Å². The number of aryl methyl sites for hydroxylation is 2. The van der Waals surface area contributed by atoms with E-state index in [0.717, 1.165) is 16.6 Å². The molecule has 0 bridgehead atoms. The molecular formula is C20H30N6O3. The highest BCUT2D eigenvalue weighted by Gasteiger charge is 2.38. The van der Waals surface area contributed by atoms with Crippen LogP contribution >= 0.6 is 0 Å². The molecule has 2 aromatic rings. The van der Waals surface area contributed by atoms with Gasteiger partial charge in [0.2, 0.25) is 5.95 Å². The van der Waals surface area contributed by atoms with Crippen molar-refractivity contribution >= 4 is 28.9 Å². The Bertz CT molecular complexity index is 911. The van der Waals surface area contributed by atoms with Crippen LogP contribution in [-0.2, 0) is 9.47 Å². The molecule has 1 amide bonds. The summed E-state index contributed by atoms with van der Waals surface area (Å²) >= 11 is 0. The second-order valence-electron chi connectivity index (χ2n) is 8.34. The normalized spacial score (nSPS) is 19.5. The number of carbonyl (C=O) groups is 1. The van der Waals surface area contributed by atoms with Crippen LogP contribution in [-0.4, -0.2) is 70.9 Å². The Balaban J connectivity index is 1.85. The minimum Gasteiger partial charge on any atom is -0.444 e. The van der Waals surface area contributed by atoms with Crippen LogP contribution in [0.2, 0.25) is 0 Å². The van der Waals surface area contributed by atoms with Crippen molar-refractivity contribution in [1.82, 2.24) is 19.9 Å². The summed E-state index contributed by atoms with van der Waals surface area (Å²) in [7, 11) is 3.45. The Kier molecular flexibility index (Phi) is 5.79. The molecule has 0 saturated carbocycles. The molecule has 2 atom stereocenters. The number of hydrogen-bond donors (Lipinski definition) is 2. The van der Waals surface area contributed by atoms with Gasteiger partial charge >= 0.3 is 6.09 Å². The van der Waals surface area contributed by atoms with Crippen molar-refractivity contribution in [2.24, 2.45) is 0 Å². The molecule has 1 saturated heterocycles. The number of ether oxygens (including phenoxy) is 2. The van der Waals surface area contributed by atoms with Gasteiger partial charge in [-0.2, -0.15) is 9.97 Å². The van der Waals surface area contributed by atoms with Gasteiger partial charge in [0.1, 0.15) is 11.4 Å². The number of anilines is 2. The Morgan fingerprint density at radius 1 is 1.21 bits per heavy atom. The van der Waals surface area contributed by atoms with Crippen LogP contribution in [0.15, 0.2) is 6.07 Å². The topological polar surface area (TPSA) is 102 Å². The van der Waals surface area contributed by atoms with Crippen molar-refractivity contribution in [3.05, 3.63) is 17.3 Å². The highest BCUT2D eigenvalue weighted by Crippen LogP contribution is 2.26. The maximum Gasteiger partial charge on any atom is 0.410 e. The molecule has 2 N–H and O–H groups in total. The number of fused-ring (bicyclic) bond motifs is 1. The van der Waals surface area contributed by atoms with Gasteiger partial charge in [-0.3, -0.25) is 0 Å². The third kappa shape index (κ3) is 4.67. The number of rotatable bonds is 4. The minimum absolute atomic E-state index is 0.166. The maximum absolute atomic E-state index is 12.4. The first kappa shape index (κ1) is 21.0. The average Bonchev–Trinajstić information content (AvgIpc) is 3.02. The number of carbonyl (C=O) groups excluding carboxylic acids is 1. The summed E-state index contributed by atoms with van der Waals surface area (Å²) in [6.45, 7) is 10.4. The smallest absolute Gasteiger partial charge is 0.410 e. The van der Waals surface area contributed by atoms with Crippen LogP contribution in [0, 0.1) is 13.8 Å². The molecule has 158 valence electrons. The zero-order chi connectivity index (χ0) is 21.3. The molecule has 1 aliphatic heterocycles. The van der Waals surface area contributed by atoms with Crippen molar-refractivity contribution in [2.75, 3.05) is 37.9 Å². The van der Waals surface area contributed by atoms with Gasteiger partial charge in [0, 0.05) is 26.4 Å². The molecule has 29 heavy (non-hydrogen) atoms. The summed E-state index contributed by atoms with van der Waals surface area (Å²) in [5.41, 5.74) is 2.04. The maximum atomic E-state index is 12.4. The van der Waals surface area contributed by atoms with Gasteiger partial charge in [0.25, 0.3) is 0 Å². The van der Waals surface area contributed by atoms with Gasteiger partial charge in [-0.15, -0.1) is 0 Å². The lowest BCUT2D eigenvalue weighted by Crippen LogP contribution is -2.36. The third-order valence-electron chi connectivity index (χ3n) is 4.76. The molecule has 1 fully saturated rings. The molecular weight excluding hydrogens is 372 g/mol. The van der Waals surface area contributed by atoms with E-state index >= 15 is 0 Å². The number of methoxy groups -OCH3 is 1. The molecule has 9 heteroatoms. The highest BCUT2D eigenvalue weighted by molar-refractivity contribution is 5.90. The molecule has 2 aromatic heterocycles. The zero-order valence-electron chi connectivity index (χ0n) is 18.2. The van der Waals surface area contributed by atoms with E-state index in [-0.39, 0.29) is 18.2 Å². The first-order valence-electron chi connectivity index (χ1n) is 9.72. The van der Waals surface area contributed by atoms with Gasteiger partial charge in [0.15, 0.2) is 5.65 Å². The van der Waals surface area contributed by atoms with Gasteiger partial charge in [-0.05, 0) is 46.2 Å². The van der Waals surface area contributed by atoms with Gasteiger partial charge in [0.05, 0.1) is 24.1 Å². The summed E-state index contributed by atoms with van der Waals surface area (Å²) in [5, 5.41) is 7.34. The molecule has 9 nitrogen and oxygen atoms in total. The number of nitrogens with one attached hydrogen (secondary N) is 2. The fraction of sp³-hybridized carbons (Fsp3) is 0.600. The fourth-order valence-corrected chi connectivity index (χ4v) is 3.52. The van der Waals surface area contributed by atoms with Gasteiger partial charge in [-0.25, -0.2) is 9.78 Å². The lowest BCUT2D eigenvalue weighted by atomic mass is 10.1. The van der Waals surface area contributed by atoms with E-state index in [9.17, 15) is 4.79 Å². The predicted octanol–water partition coefficient (Wildman–Crippen LogP) is 2.73. The van der Waals surface area contributed by atoms with E-state index in [0.29, 0.717) is 30.5 Å². The van der Waals surface area contributed by atoms with Crippen LogP contribution in [0.1, 0.15) is 32.0 Å². The van der Waals surface area contributed by atoms with Crippen LogP contribution in [0.5, 0.6) is 0 Å². The van der Waals surface area contributed by atoms with Crippen molar-refractivity contribution in [3.63, 3.8) is 0 Å². The van der Waals surface area contributed by atoms with Gasteiger partial charge in [-0.1, -0.05) is 0 Å². The lowest BCUT2D eigenvalue weighted by molar-refractivity contribution is 0.0252. The fourth-order valence-electron chi connectivity index (χ4n) is 3.52. The van der Waals surface area contributed by atoms with Gasteiger partial charge < -0.3 is 25.0 Å². The molecule has 3 heterocycles. The van der Waals surface area contributed by atoms with E-state index < -0.39 is 5.60 Å². The van der Waals surface area contributed by atoms with E-state index in [2.05, 4.69) is 25.6 Å². The Labute approximate surface area is 171 Å². The molecule has 1 aliphatic rings. The van der Waals surface area contributed by atoms with Crippen molar-refractivity contribution in [1.29, 1.82) is 0 Å². The summed E-state index contributed by atoms with van der Waals surface area (Å²) < 4.78 is 11.1. The standard InChI is InChI=1S/C20H30N6O3/c1-11-8-12(2)22-17-15(11)16(21-6)24-18(25-17)23-13-9-26(10-14(13)28-7)19(27)29-20(3,4)5/h8,13-14H,9-10H2,1-7H3,(H2,21,22,23,24,25)/t13-,14-/m0/s1. The Morgan fingerprint density at radius 3 is 2.55 bits per heavy atom. The highest BCUT2D eigenvalue weighted by atomic mass is 16.6. The van der Waals surface area contributed by atoms with Crippen LogP contribution in [0.25, 0.3) is 11.0 Å². The van der Waals surface area contributed by atoms with Crippen LogP contribution in [0.4, 0.5) is 16.6 Å². The Hall–Kier alpha value is -2.68. The molecule has 0 aromatic carbocycles. The van der Waals surface area contributed by atoms with Crippen LogP contribution < -0.4 is 10.6 Å². The van der Waals surface area contributed by atoms with Crippen molar-refractivity contribution in [3.8, 4) is 0 Å². The number of likely N-dealkylation sites (tertiary alicyclic amines) is 1. The summed E-state index contributed by atoms with van der Waals surface area (Å²) in [6.07, 6.45) is -0.556. The summed E-state index contributed by atoms with van der Waals surface area (Å²) in [6, 6.07) is 1.84. The summed E-state index contributed by atoms with van der Waals surface area (Å²) in [4.78, 5) is 27.8. The SMILES string of the molecule is CNc1nc(N[C@H]2CN(C(=O)OC(C)(C)C)C[C@@H]2OC)nc2nc(C)cc(C)c12. The quantitative estimate of drug-likeness (QED) is 0.805. The second kappa shape index (κ2) is 7.98. The number of amides is 1. The third-order valence-corrected chi connectivity index (χ3v) is 4.76. The first-order valence-corrected chi connectivity index (χ1v) is 9.72. The number of hydrogen-bond acceptors (Lipinski definition) is 8. The Morgan fingerprint density at radius 2 is 1.93 bits per heavy atom. The summed E-state index contributed by atoms with van der Waals surface area (Å²) in [5.74, 6) is 1.15. The molecule has 0 unspecified atom stereocenters. The van der Waals surface area contributed by atoms with E-state index in [1.807, 2.05) is 47.7 Å². The molecule has 3 rings (SSSR count).